The highest BCUT2D eigenvalue weighted by molar-refractivity contribution is 14.2. The first-order chi connectivity index (χ1) is 18.6. The van der Waals surface area contributed by atoms with Gasteiger partial charge in [0, 0.05) is 35.8 Å². The Morgan fingerprint density at radius 2 is 2.08 bits per heavy atom. The highest BCUT2D eigenvalue weighted by atomic mass is 127. The molecule has 1 atom stereocenters. The minimum atomic E-state index is -0.430. The highest BCUT2D eigenvalue weighted by Crippen LogP contribution is 2.27. The lowest BCUT2D eigenvalue weighted by molar-refractivity contribution is -0.111. The molecule has 1 amide bonds. The molecule has 0 saturated heterocycles. The smallest absolute Gasteiger partial charge is 0.300 e. The number of nitrogens with zero attached hydrogens (tertiary/aromatic N) is 3. The Bertz CT molecular complexity index is 1600. The molecular formula is C26H22FIN7O2P. The van der Waals surface area contributed by atoms with Gasteiger partial charge < -0.3 is 20.1 Å². The van der Waals surface area contributed by atoms with E-state index >= 15 is 0 Å². The van der Waals surface area contributed by atoms with Crippen molar-refractivity contribution in [2.24, 2.45) is 4.99 Å². The largest absolute Gasteiger partial charge is 0.351 e. The predicted octanol–water partition coefficient (Wildman–Crippen LogP) is 5.23. The molecule has 4 aromatic rings. The Morgan fingerprint density at radius 1 is 1.21 bits per heavy atom. The van der Waals surface area contributed by atoms with Gasteiger partial charge in [-0.2, -0.15) is 0 Å². The molecule has 0 fully saturated rings. The molecule has 0 aliphatic heterocycles. The number of amides is 1. The summed E-state index contributed by atoms with van der Waals surface area (Å²) in [4.78, 5) is 27.6. The van der Waals surface area contributed by atoms with Gasteiger partial charge in [-0.1, -0.05) is 12.0 Å². The van der Waals surface area contributed by atoms with Crippen LogP contribution in [0.1, 0.15) is 17.5 Å². The number of halogens is 2. The van der Waals surface area contributed by atoms with Gasteiger partial charge in [0.2, 0.25) is 0 Å². The van der Waals surface area contributed by atoms with Crippen molar-refractivity contribution in [3.05, 3.63) is 83.5 Å². The van der Waals surface area contributed by atoms with E-state index < -0.39 is 5.91 Å². The number of carbonyl (C=O) groups is 1. The van der Waals surface area contributed by atoms with Gasteiger partial charge in [0.15, 0.2) is 0 Å². The van der Waals surface area contributed by atoms with Gasteiger partial charge in [-0.25, -0.2) is 19.4 Å². The lowest BCUT2D eigenvalue weighted by Crippen LogP contribution is -2.08. The van der Waals surface area contributed by atoms with Gasteiger partial charge in [-0.05, 0) is 81.6 Å². The molecule has 4 rings (SSSR count). The highest BCUT2D eigenvalue weighted by Gasteiger charge is 2.10. The molecule has 0 aliphatic carbocycles. The van der Waals surface area contributed by atoms with Gasteiger partial charge in [0.05, 0.1) is 18.6 Å². The Kier molecular flexibility index (Phi) is 9.86. The zero-order valence-electron chi connectivity index (χ0n) is 19.9. The van der Waals surface area contributed by atoms with Crippen LogP contribution < -0.4 is 16.1 Å². The van der Waals surface area contributed by atoms with Crippen molar-refractivity contribution in [3.63, 3.8) is 0 Å². The second-order valence-corrected chi connectivity index (χ2v) is 9.60. The molecule has 12 heteroatoms. The monoisotopic (exact) mass is 641 g/mol. The summed E-state index contributed by atoms with van der Waals surface area (Å²) in [6, 6.07) is 13.7. The van der Waals surface area contributed by atoms with Gasteiger partial charge in [0.1, 0.15) is 29.8 Å². The van der Waals surface area contributed by atoms with Crippen LogP contribution >= 0.6 is 28.5 Å². The van der Waals surface area contributed by atoms with Gasteiger partial charge in [-0.3, -0.25) is 10.2 Å². The molecule has 192 valence electrons. The zero-order valence-corrected chi connectivity index (χ0v) is 23.0. The lowest BCUT2D eigenvalue weighted by atomic mass is 10.0. The number of aromatic amines is 1. The SMILES string of the molecule is N=C/N=c1/cc(Cc2ccc(Nc3ncnc4ccc(NC(=O)C#CCCOPI)cc34)cc2F)cc[nH]1. The summed E-state index contributed by atoms with van der Waals surface area (Å²) in [7, 11) is 0. The van der Waals surface area contributed by atoms with Crippen LogP contribution in [0.3, 0.4) is 0 Å². The molecule has 0 spiro atoms. The lowest BCUT2D eigenvalue weighted by Gasteiger charge is -2.11. The molecule has 9 nitrogen and oxygen atoms in total. The number of benzene rings is 2. The summed E-state index contributed by atoms with van der Waals surface area (Å²) in [5.74, 6) is 4.99. The van der Waals surface area contributed by atoms with Crippen LogP contribution in [-0.2, 0) is 15.7 Å². The molecule has 0 saturated carbocycles. The predicted molar refractivity (Wildman–Crippen MR) is 156 cm³/mol. The van der Waals surface area contributed by atoms with Gasteiger partial charge >= 0.3 is 0 Å². The average molecular weight is 641 g/mol. The number of anilines is 3. The Labute approximate surface area is 232 Å². The van der Waals surface area contributed by atoms with Crippen LogP contribution in [0.5, 0.6) is 0 Å². The van der Waals surface area contributed by atoms with Crippen molar-refractivity contribution in [3.8, 4) is 11.8 Å². The van der Waals surface area contributed by atoms with E-state index in [9.17, 15) is 9.18 Å². The van der Waals surface area contributed by atoms with E-state index in [2.05, 4.69) is 64.5 Å². The Balaban J connectivity index is 1.50. The van der Waals surface area contributed by atoms with E-state index in [1.807, 2.05) is 6.07 Å². The third-order valence-electron chi connectivity index (χ3n) is 5.24. The fraction of sp³-hybridized carbons (Fsp3) is 0.115. The first-order valence-electron chi connectivity index (χ1n) is 11.3. The maximum absolute atomic E-state index is 15.0. The summed E-state index contributed by atoms with van der Waals surface area (Å²) < 4.78 is 20.2. The molecule has 0 radical (unpaired) electrons. The number of fused-ring (bicyclic) bond motifs is 1. The van der Waals surface area contributed by atoms with Crippen molar-refractivity contribution in [1.82, 2.24) is 15.0 Å². The number of nitrogens with one attached hydrogen (secondary N) is 4. The molecule has 2 aromatic carbocycles. The van der Waals surface area contributed by atoms with Crippen molar-refractivity contribution in [2.75, 3.05) is 17.2 Å². The summed E-state index contributed by atoms with van der Waals surface area (Å²) in [6.45, 7) is 0.849. The van der Waals surface area contributed by atoms with Crippen LogP contribution in [0.4, 0.5) is 21.6 Å². The number of rotatable bonds is 9. The summed E-state index contributed by atoms with van der Waals surface area (Å²) in [5.41, 5.74) is 3.61. The maximum atomic E-state index is 15.0. The van der Waals surface area contributed by atoms with Crippen LogP contribution in [0.2, 0.25) is 0 Å². The van der Waals surface area contributed by atoms with E-state index in [1.54, 1.807) is 42.6 Å². The molecule has 0 bridgehead atoms. The Morgan fingerprint density at radius 3 is 2.89 bits per heavy atom. The molecule has 2 aromatic heterocycles. The second-order valence-electron chi connectivity index (χ2n) is 7.83. The van der Waals surface area contributed by atoms with Crippen LogP contribution in [0, 0.1) is 23.1 Å². The average Bonchev–Trinajstić information content (AvgIpc) is 2.91. The van der Waals surface area contributed by atoms with E-state index in [-0.39, 0.29) is 5.82 Å². The summed E-state index contributed by atoms with van der Waals surface area (Å²) >= 11 is 2.13. The van der Waals surface area contributed by atoms with Crippen molar-refractivity contribution in [1.29, 1.82) is 5.41 Å². The fourth-order valence-electron chi connectivity index (χ4n) is 3.56. The second kappa shape index (κ2) is 13.7. The van der Waals surface area contributed by atoms with E-state index in [0.29, 0.717) is 65.0 Å². The molecule has 1 unspecified atom stereocenters. The summed E-state index contributed by atoms with van der Waals surface area (Å²) in [6.07, 6.45) is 4.92. The number of carbonyl (C=O) groups excluding carboxylic acids is 1. The topological polar surface area (TPSA) is 128 Å². The van der Waals surface area contributed by atoms with Crippen LogP contribution in [0.15, 0.2) is 66.0 Å². The van der Waals surface area contributed by atoms with E-state index in [1.165, 1.54) is 12.4 Å². The Hall–Kier alpha value is -3.72. The number of aromatic nitrogens is 3. The van der Waals surface area contributed by atoms with Crippen molar-refractivity contribution in [2.45, 2.75) is 12.8 Å². The molecule has 38 heavy (non-hydrogen) atoms. The number of H-pyrrole nitrogens is 1. The van der Waals surface area contributed by atoms with Crippen LogP contribution in [-0.4, -0.2) is 33.8 Å². The van der Waals surface area contributed by atoms with Crippen molar-refractivity contribution < 1.29 is 13.7 Å². The normalized spacial score (nSPS) is 11.4. The number of pyridine rings is 1. The minimum absolute atomic E-state index is 0.364. The van der Waals surface area contributed by atoms with Crippen molar-refractivity contribution >= 4 is 68.8 Å². The van der Waals surface area contributed by atoms with Crippen LogP contribution in [0.25, 0.3) is 10.9 Å². The minimum Gasteiger partial charge on any atom is -0.351 e. The van der Waals surface area contributed by atoms with Gasteiger partial charge in [0.25, 0.3) is 5.91 Å². The number of hydrogen-bond acceptors (Lipinski definition) is 6. The fourth-order valence-corrected chi connectivity index (χ4v) is 4.40. The quantitative estimate of drug-likeness (QED) is 0.0497. The van der Waals surface area contributed by atoms with E-state index in [4.69, 9.17) is 9.93 Å². The van der Waals surface area contributed by atoms with E-state index in [0.717, 1.165) is 11.9 Å². The number of hydrogen-bond donors (Lipinski definition) is 4. The molecule has 2 heterocycles. The molecule has 4 N–H and O–H groups in total. The third-order valence-corrected chi connectivity index (χ3v) is 6.49. The zero-order chi connectivity index (χ0) is 26.7. The first kappa shape index (κ1) is 27.3. The summed E-state index contributed by atoms with van der Waals surface area (Å²) in [5, 5.41) is 13.7. The van der Waals surface area contributed by atoms with Gasteiger partial charge in [-0.15, -0.1) is 0 Å². The maximum Gasteiger partial charge on any atom is 0.300 e. The molecular weight excluding hydrogens is 619 g/mol. The molecule has 0 aliphatic rings. The first-order valence-corrected chi connectivity index (χ1v) is 15.4. The third kappa shape index (κ3) is 7.64. The standard InChI is InChI=1S/C26H22FIN7O2P/c27-22-14-20(5-4-18(22)11-17-8-9-30-24(12-17)31-15-29)35-26-21-13-19(6-7-23(21)32-16-33-26)34-25(36)3-1-2-10-37-38-28/h4-9,12-16,38H,2,10-11H2,(H,34,36)(H2,29,30,31)(H,32,33,35).